The number of anilines is 1. The van der Waals surface area contributed by atoms with E-state index in [1.165, 1.54) is 37.5 Å². The molecule has 1 unspecified atom stereocenters. The zero-order chi connectivity index (χ0) is 48.5. The van der Waals surface area contributed by atoms with Gasteiger partial charge < -0.3 is 39.4 Å². The Kier molecular flexibility index (Phi) is 18.5. The van der Waals surface area contributed by atoms with E-state index < -0.39 is 54.7 Å². The summed E-state index contributed by atoms with van der Waals surface area (Å²) in [4.78, 5) is 71.3. The molecular formula is C50H60N6O11. The molecule has 1 saturated carbocycles. The number of carbonyl (C=O) groups excluding carboxylic acids is 5. The van der Waals surface area contributed by atoms with Crippen LogP contribution in [-0.4, -0.2) is 84.7 Å². The summed E-state index contributed by atoms with van der Waals surface area (Å²) in [6.45, 7) is 10.9. The number of nitrogens with zero attached hydrogens (tertiary/aromatic N) is 1. The number of esters is 2. The molecule has 0 aliphatic heterocycles. The molecule has 1 fully saturated rings. The number of rotatable bonds is 22. The maximum absolute atomic E-state index is 14.2. The van der Waals surface area contributed by atoms with E-state index in [0.29, 0.717) is 40.6 Å². The van der Waals surface area contributed by atoms with E-state index in [1.807, 2.05) is 6.07 Å². The lowest BCUT2D eigenvalue weighted by Crippen LogP contribution is -2.45. The lowest BCUT2D eigenvalue weighted by molar-refractivity contribution is -0.154. The van der Waals surface area contributed by atoms with E-state index in [9.17, 15) is 29.1 Å². The van der Waals surface area contributed by atoms with Crippen LogP contribution in [0.25, 0.3) is 17.2 Å². The Bertz CT molecular complexity index is 2380. The summed E-state index contributed by atoms with van der Waals surface area (Å²) >= 11 is 0. The molecule has 0 saturated heterocycles. The third-order valence-corrected chi connectivity index (χ3v) is 10.4. The van der Waals surface area contributed by atoms with Crippen LogP contribution >= 0.6 is 0 Å². The molecule has 3 aromatic carbocycles. The molecule has 1 aliphatic carbocycles. The number of alkyl carbamates (subject to hydrolysis) is 2. The highest BCUT2D eigenvalue weighted by Gasteiger charge is 2.29. The highest BCUT2D eigenvalue weighted by molar-refractivity contribution is 6.11. The molecule has 1 heterocycles. The van der Waals surface area contributed by atoms with Gasteiger partial charge >= 0.3 is 24.1 Å². The third kappa shape index (κ3) is 15.8. The number of hydrogen-bond donors (Lipinski definition) is 6. The van der Waals surface area contributed by atoms with E-state index >= 15 is 0 Å². The summed E-state index contributed by atoms with van der Waals surface area (Å²) in [7, 11) is 1.43. The fourth-order valence-corrected chi connectivity index (χ4v) is 6.67. The maximum atomic E-state index is 14.2. The summed E-state index contributed by atoms with van der Waals surface area (Å²) in [5.74, 6) is -2.06. The van der Waals surface area contributed by atoms with E-state index in [-0.39, 0.29) is 46.9 Å². The number of hydrogen-bond acceptors (Lipinski definition) is 14. The molecule has 5 rings (SSSR count). The van der Waals surface area contributed by atoms with Crippen molar-refractivity contribution in [1.82, 2.24) is 20.9 Å². The number of unbranched alkanes of at least 4 members (excludes halogenated alkanes) is 3. The van der Waals surface area contributed by atoms with E-state index in [2.05, 4.69) is 39.8 Å². The van der Waals surface area contributed by atoms with Gasteiger partial charge in [-0.05, 0) is 100 Å². The third-order valence-electron chi connectivity index (χ3n) is 10.4. The summed E-state index contributed by atoms with van der Waals surface area (Å²) in [6, 6.07) is 20.0. The number of ether oxygens (including phenoxy) is 5. The molecule has 0 radical (unpaired) electrons. The van der Waals surface area contributed by atoms with Crippen molar-refractivity contribution in [3.05, 3.63) is 119 Å². The molecule has 6 N–H and O–H groups in total. The van der Waals surface area contributed by atoms with Crippen LogP contribution in [0, 0.1) is 11.3 Å². The minimum atomic E-state index is -1.27. The predicted molar refractivity (Wildman–Crippen MR) is 252 cm³/mol. The number of carbonyl (C=O) groups is 5. The van der Waals surface area contributed by atoms with Gasteiger partial charge in [0.15, 0.2) is 5.69 Å². The molecule has 4 aromatic rings. The van der Waals surface area contributed by atoms with Gasteiger partial charge in [-0.3, -0.25) is 20.8 Å². The van der Waals surface area contributed by atoms with Crippen molar-refractivity contribution in [1.29, 1.82) is 5.41 Å². The number of benzene rings is 3. The zero-order valence-corrected chi connectivity index (χ0v) is 38.6. The average molecular weight is 921 g/mol. The predicted octanol–water partition coefficient (Wildman–Crippen LogP) is 8.07. The first-order valence-electron chi connectivity index (χ1n) is 22.2. The quantitative estimate of drug-likeness (QED) is 0.0109. The normalized spacial score (nSPS) is 13.0. The van der Waals surface area contributed by atoms with E-state index in [4.69, 9.17) is 29.1 Å². The van der Waals surface area contributed by atoms with Crippen molar-refractivity contribution >= 4 is 47.6 Å². The molecule has 17 nitrogen and oxygen atoms in total. The molecule has 67 heavy (non-hydrogen) atoms. The van der Waals surface area contributed by atoms with Crippen molar-refractivity contribution in [3.63, 3.8) is 0 Å². The van der Waals surface area contributed by atoms with Crippen molar-refractivity contribution in [2.75, 3.05) is 32.4 Å². The Balaban J connectivity index is 1.39. The number of methoxy groups -OCH3 is 1. The topological polar surface area (TPSA) is 237 Å². The Morgan fingerprint density at radius 1 is 0.910 bits per heavy atom. The molecule has 0 spiro atoms. The molecule has 2 atom stereocenters. The SMILES string of the molecule is C=Cc1cc(C(=O)Nc2ccc(C(=N)NC(=O)OCCCCCC)cc2)c(-c2ccc(C(O)NCC3CC3)nc2C(=O)OCOC(=O)[C@H](Cc2ccccc2)NC(=O)OC(C)(C)C)cc1OC. The molecule has 356 valence electrons. The van der Waals surface area contributed by atoms with Crippen LogP contribution in [-0.2, 0) is 30.2 Å². The van der Waals surface area contributed by atoms with Gasteiger partial charge in [0.2, 0.25) is 6.79 Å². The standard InChI is InChI=1S/C50H60N6O11/c1-7-9-10-14-25-64-48(61)56-43(51)34-19-21-35(22-20-34)53-44(57)38-27-33(8-2)41(63-6)28-37(38)36-23-24-39(45(58)52-29-32-17-18-32)54-42(36)47(60)66-30-65-46(59)40(26-31-15-12-11-13-16-31)55-49(62)67-50(3,4)5/h8,11-13,15-16,19-24,27-28,32,40,45,52,58H,2,7,9-10,14,17-18,25-26,29-30H2,1,3-6H3,(H,53,57)(H,55,62)(H2,51,56,61)/t40-,45?/m0/s1. The largest absolute Gasteiger partial charge is 0.496 e. The number of aliphatic hydroxyl groups is 1. The number of aromatic nitrogens is 1. The zero-order valence-electron chi connectivity index (χ0n) is 38.6. The maximum Gasteiger partial charge on any atom is 0.412 e. The first-order chi connectivity index (χ1) is 32.1. The number of aliphatic hydroxyl groups excluding tert-OH is 1. The first kappa shape index (κ1) is 50.9. The second-order valence-corrected chi connectivity index (χ2v) is 16.9. The van der Waals surface area contributed by atoms with Crippen LogP contribution in [0.1, 0.15) is 116 Å². The van der Waals surface area contributed by atoms with Gasteiger partial charge in [0.1, 0.15) is 29.5 Å². The van der Waals surface area contributed by atoms with Crippen LogP contribution < -0.4 is 26.0 Å². The summed E-state index contributed by atoms with van der Waals surface area (Å²) in [5.41, 5.74) is 1.13. The second kappa shape index (κ2) is 24.4. The smallest absolute Gasteiger partial charge is 0.412 e. The number of nitrogens with one attached hydrogen (secondary N) is 5. The molecule has 3 amide bonds. The van der Waals surface area contributed by atoms with Gasteiger partial charge in [-0.2, -0.15) is 0 Å². The summed E-state index contributed by atoms with van der Waals surface area (Å²) in [5, 5.41) is 30.2. The summed E-state index contributed by atoms with van der Waals surface area (Å²) in [6.07, 6.45) is 4.50. The van der Waals surface area contributed by atoms with Crippen molar-refractivity contribution in [3.8, 4) is 16.9 Å². The van der Waals surface area contributed by atoms with Gasteiger partial charge in [-0.25, -0.2) is 24.2 Å². The van der Waals surface area contributed by atoms with Gasteiger partial charge in [-0.15, -0.1) is 0 Å². The first-order valence-corrected chi connectivity index (χ1v) is 22.2. The van der Waals surface area contributed by atoms with Crippen molar-refractivity contribution < 1.29 is 52.8 Å². The highest BCUT2D eigenvalue weighted by Crippen LogP contribution is 2.35. The molecule has 0 bridgehead atoms. The monoisotopic (exact) mass is 920 g/mol. The van der Waals surface area contributed by atoms with Gasteiger partial charge in [0, 0.05) is 46.5 Å². The molecule has 1 aromatic heterocycles. The average Bonchev–Trinajstić information content (AvgIpc) is 4.14. The van der Waals surface area contributed by atoms with Gasteiger partial charge in [0.05, 0.1) is 19.4 Å². The van der Waals surface area contributed by atoms with Crippen LogP contribution in [0.4, 0.5) is 15.3 Å². The van der Waals surface area contributed by atoms with Crippen LogP contribution in [0.2, 0.25) is 0 Å². The van der Waals surface area contributed by atoms with Crippen molar-refractivity contribution in [2.24, 2.45) is 5.92 Å². The summed E-state index contributed by atoms with van der Waals surface area (Å²) < 4.78 is 27.1. The molecule has 17 heteroatoms. The Morgan fingerprint density at radius 3 is 2.30 bits per heavy atom. The van der Waals surface area contributed by atoms with Crippen LogP contribution in [0.5, 0.6) is 5.75 Å². The second-order valence-electron chi connectivity index (χ2n) is 16.9. The lowest BCUT2D eigenvalue weighted by atomic mass is 9.94. The lowest BCUT2D eigenvalue weighted by Gasteiger charge is -2.23. The van der Waals surface area contributed by atoms with Crippen LogP contribution in [0.15, 0.2) is 85.4 Å². The number of amidine groups is 1. The van der Waals surface area contributed by atoms with Crippen LogP contribution in [0.3, 0.4) is 0 Å². The van der Waals surface area contributed by atoms with Gasteiger partial charge in [-0.1, -0.05) is 69.2 Å². The fourth-order valence-electron chi connectivity index (χ4n) is 6.67. The highest BCUT2D eigenvalue weighted by atomic mass is 16.7. The molecular weight excluding hydrogens is 861 g/mol. The number of pyridine rings is 1. The Morgan fingerprint density at radius 2 is 1.64 bits per heavy atom. The van der Waals surface area contributed by atoms with Gasteiger partial charge in [0.25, 0.3) is 5.91 Å². The van der Waals surface area contributed by atoms with E-state index in [1.54, 1.807) is 69.3 Å². The van der Waals surface area contributed by atoms with E-state index in [0.717, 1.165) is 38.5 Å². The minimum Gasteiger partial charge on any atom is -0.496 e. The Hall–Kier alpha value is -7.11. The number of amides is 3. The molecule has 1 aliphatic rings. The fraction of sp³-hybridized carbons (Fsp3) is 0.380. The minimum absolute atomic E-state index is 0.0422. The van der Waals surface area contributed by atoms with Crippen molar-refractivity contribution in [2.45, 2.75) is 90.5 Å². The Labute approximate surface area is 390 Å².